The molecule has 0 spiro atoms. The summed E-state index contributed by atoms with van der Waals surface area (Å²) < 4.78 is 6.08. The third-order valence-corrected chi connectivity index (χ3v) is 4.84. The fourth-order valence-corrected chi connectivity index (χ4v) is 3.43. The predicted molar refractivity (Wildman–Crippen MR) is 103 cm³/mol. The van der Waals surface area contributed by atoms with E-state index in [4.69, 9.17) is 16.3 Å². The third kappa shape index (κ3) is 5.84. The van der Waals surface area contributed by atoms with Gasteiger partial charge in [-0.1, -0.05) is 11.6 Å². The molecule has 2 atom stereocenters. The van der Waals surface area contributed by atoms with Gasteiger partial charge in [0.15, 0.2) is 5.96 Å². The summed E-state index contributed by atoms with van der Waals surface area (Å²) in [6, 6.07) is 3.65. The Morgan fingerprint density at radius 2 is 2.41 bits per heavy atom. The van der Waals surface area contributed by atoms with Crippen LogP contribution in [0.3, 0.4) is 0 Å². The highest BCUT2D eigenvalue weighted by atomic mass is 127. The molecule has 0 saturated carbocycles. The second-order valence-electron chi connectivity index (χ2n) is 5.20. The average Bonchev–Trinajstić information content (AvgIpc) is 3.10. The summed E-state index contributed by atoms with van der Waals surface area (Å²) in [5.41, 5.74) is 0. The molecule has 2 unspecified atom stereocenters. The number of nitrogens with one attached hydrogen (secondary N) is 1. The maximum Gasteiger partial charge on any atom is 0.193 e. The van der Waals surface area contributed by atoms with Gasteiger partial charge in [0, 0.05) is 44.6 Å². The van der Waals surface area contributed by atoms with Gasteiger partial charge in [0.25, 0.3) is 0 Å². The Bertz CT molecular complexity index is 480. The molecular weight excluding hydrogens is 437 g/mol. The molecule has 0 aromatic carbocycles. The van der Waals surface area contributed by atoms with Crippen molar-refractivity contribution in [1.29, 1.82) is 0 Å². The fraction of sp³-hybridized carbons (Fsp3) is 0.643. The summed E-state index contributed by atoms with van der Waals surface area (Å²) in [7, 11) is 3.75. The van der Waals surface area contributed by atoms with Crippen LogP contribution in [0.25, 0.3) is 0 Å². The quantitative estimate of drug-likeness (QED) is 0.404. The molecular formula is C14H23ClIN3O2S. The number of thiophene rings is 1. The van der Waals surface area contributed by atoms with Gasteiger partial charge >= 0.3 is 0 Å². The van der Waals surface area contributed by atoms with Crippen LogP contribution < -0.4 is 5.32 Å². The van der Waals surface area contributed by atoms with Crippen LogP contribution in [-0.2, 0) is 4.74 Å². The van der Waals surface area contributed by atoms with E-state index in [1.54, 1.807) is 13.1 Å². The number of nitrogens with zero attached hydrogens (tertiary/aromatic N) is 2. The normalized spacial score (nSPS) is 19.6. The van der Waals surface area contributed by atoms with Crippen LogP contribution >= 0.6 is 46.9 Å². The van der Waals surface area contributed by atoms with E-state index in [2.05, 4.69) is 15.2 Å². The minimum Gasteiger partial charge on any atom is -0.386 e. The lowest BCUT2D eigenvalue weighted by molar-refractivity contribution is 0.178. The molecule has 2 rings (SSSR count). The van der Waals surface area contributed by atoms with E-state index in [0.29, 0.717) is 16.8 Å². The van der Waals surface area contributed by atoms with Crippen LogP contribution in [0.4, 0.5) is 0 Å². The molecule has 1 saturated heterocycles. The first-order valence-corrected chi connectivity index (χ1v) is 8.22. The molecule has 2 N–H and O–H groups in total. The zero-order valence-corrected chi connectivity index (χ0v) is 16.7. The molecule has 0 amide bonds. The zero-order valence-electron chi connectivity index (χ0n) is 12.8. The van der Waals surface area contributed by atoms with Gasteiger partial charge in [-0.05, 0) is 18.6 Å². The number of hydrogen-bond donors (Lipinski definition) is 2. The standard InChI is InChI=1S/C14H22ClN3O2S.HI/c1-16-14(18(2)8-10-5-6-20-9-10)17-7-11(19)12-3-4-13(15)21-12;/h3-4,10-11,19H,5-9H2,1-2H3,(H,16,17);1H. The first-order chi connectivity index (χ1) is 10.1. The Morgan fingerprint density at radius 3 is 2.95 bits per heavy atom. The van der Waals surface area contributed by atoms with Gasteiger partial charge in [-0.25, -0.2) is 0 Å². The summed E-state index contributed by atoms with van der Waals surface area (Å²) in [6.07, 6.45) is 0.514. The lowest BCUT2D eigenvalue weighted by Crippen LogP contribution is -2.42. The Morgan fingerprint density at radius 1 is 1.64 bits per heavy atom. The molecule has 22 heavy (non-hydrogen) atoms. The van der Waals surface area contributed by atoms with Crippen LogP contribution in [0.15, 0.2) is 17.1 Å². The van der Waals surface area contributed by atoms with E-state index >= 15 is 0 Å². The van der Waals surface area contributed by atoms with E-state index in [0.717, 1.165) is 37.0 Å². The predicted octanol–water partition coefficient (Wildman–Crippen LogP) is 2.60. The highest BCUT2D eigenvalue weighted by Crippen LogP contribution is 2.26. The second kappa shape index (κ2) is 9.92. The van der Waals surface area contributed by atoms with Crippen LogP contribution in [0, 0.1) is 5.92 Å². The first-order valence-electron chi connectivity index (χ1n) is 7.03. The number of aliphatic hydroxyl groups is 1. The van der Waals surface area contributed by atoms with Crippen molar-refractivity contribution in [3.63, 3.8) is 0 Å². The summed E-state index contributed by atoms with van der Waals surface area (Å²) in [6.45, 7) is 2.98. The largest absolute Gasteiger partial charge is 0.386 e. The van der Waals surface area contributed by atoms with E-state index in [1.807, 2.05) is 13.1 Å². The first kappa shape index (κ1) is 20.0. The number of guanidine groups is 1. The Hall–Kier alpha value is -0.0900. The third-order valence-electron chi connectivity index (χ3n) is 3.51. The van der Waals surface area contributed by atoms with Gasteiger partial charge in [-0.3, -0.25) is 4.99 Å². The minimum absolute atomic E-state index is 0. The van der Waals surface area contributed by atoms with Crippen molar-refractivity contribution in [1.82, 2.24) is 10.2 Å². The number of hydrogen-bond acceptors (Lipinski definition) is 4. The topological polar surface area (TPSA) is 57.1 Å². The van der Waals surface area contributed by atoms with E-state index in [9.17, 15) is 5.11 Å². The van der Waals surface area contributed by atoms with Crippen molar-refractivity contribution in [3.05, 3.63) is 21.3 Å². The van der Waals surface area contributed by atoms with Crippen molar-refractivity contribution in [3.8, 4) is 0 Å². The number of ether oxygens (including phenoxy) is 1. The minimum atomic E-state index is -0.581. The monoisotopic (exact) mass is 459 g/mol. The fourth-order valence-electron chi connectivity index (χ4n) is 2.38. The van der Waals surface area contributed by atoms with Crippen molar-refractivity contribution in [2.75, 3.05) is 40.4 Å². The summed E-state index contributed by atoms with van der Waals surface area (Å²) in [5, 5.41) is 13.3. The maximum atomic E-state index is 10.1. The zero-order chi connectivity index (χ0) is 15.2. The molecule has 0 bridgehead atoms. The SMILES string of the molecule is CN=C(NCC(O)c1ccc(Cl)s1)N(C)CC1CCOC1.I. The number of aliphatic hydroxyl groups excluding tert-OH is 1. The lowest BCUT2D eigenvalue weighted by atomic mass is 10.1. The number of halogens is 2. The summed E-state index contributed by atoms with van der Waals surface area (Å²) in [4.78, 5) is 7.19. The molecule has 8 heteroatoms. The van der Waals surface area contributed by atoms with Gasteiger partial charge in [-0.15, -0.1) is 35.3 Å². The van der Waals surface area contributed by atoms with Crippen molar-refractivity contribution in [2.45, 2.75) is 12.5 Å². The number of rotatable bonds is 5. The number of aliphatic imine (C=N–C) groups is 1. The van der Waals surface area contributed by atoms with Crippen LogP contribution in [0.2, 0.25) is 4.34 Å². The average molecular weight is 460 g/mol. The van der Waals surface area contributed by atoms with Gasteiger partial charge in [-0.2, -0.15) is 0 Å². The molecule has 2 heterocycles. The van der Waals surface area contributed by atoms with Crippen molar-refractivity contribution >= 4 is 52.9 Å². The molecule has 1 aromatic heterocycles. The molecule has 1 aromatic rings. The highest BCUT2D eigenvalue weighted by Gasteiger charge is 2.19. The molecule has 0 aliphatic carbocycles. The van der Waals surface area contributed by atoms with Gasteiger partial charge in [0.05, 0.1) is 10.9 Å². The van der Waals surface area contributed by atoms with Gasteiger partial charge in [0.1, 0.15) is 6.10 Å². The molecule has 1 aliphatic heterocycles. The molecule has 5 nitrogen and oxygen atoms in total. The second-order valence-corrected chi connectivity index (χ2v) is 6.94. The van der Waals surface area contributed by atoms with Crippen molar-refractivity contribution in [2.24, 2.45) is 10.9 Å². The Kier molecular flexibility index (Phi) is 9.00. The lowest BCUT2D eigenvalue weighted by Gasteiger charge is -2.25. The summed E-state index contributed by atoms with van der Waals surface area (Å²) >= 11 is 7.28. The van der Waals surface area contributed by atoms with E-state index in [1.165, 1.54) is 11.3 Å². The molecule has 1 fully saturated rings. The molecule has 1 aliphatic rings. The van der Waals surface area contributed by atoms with Crippen LogP contribution in [0.5, 0.6) is 0 Å². The molecule has 0 radical (unpaired) electrons. The maximum absolute atomic E-state index is 10.1. The van der Waals surface area contributed by atoms with Crippen LogP contribution in [-0.4, -0.2) is 56.4 Å². The van der Waals surface area contributed by atoms with Crippen molar-refractivity contribution < 1.29 is 9.84 Å². The van der Waals surface area contributed by atoms with Gasteiger partial charge in [0.2, 0.25) is 0 Å². The highest BCUT2D eigenvalue weighted by molar-refractivity contribution is 14.0. The Labute approximate surface area is 157 Å². The van der Waals surface area contributed by atoms with E-state index in [-0.39, 0.29) is 24.0 Å². The Balaban J connectivity index is 0.00000242. The summed E-state index contributed by atoms with van der Waals surface area (Å²) in [5.74, 6) is 1.33. The van der Waals surface area contributed by atoms with Crippen LogP contribution in [0.1, 0.15) is 17.4 Å². The van der Waals surface area contributed by atoms with E-state index < -0.39 is 6.10 Å². The molecule has 126 valence electrons. The van der Waals surface area contributed by atoms with Gasteiger partial charge < -0.3 is 20.1 Å². The smallest absolute Gasteiger partial charge is 0.193 e.